The Labute approximate surface area is 86.2 Å². The van der Waals surface area contributed by atoms with Crippen molar-refractivity contribution in [2.45, 2.75) is 6.43 Å². The maximum Gasteiger partial charge on any atom is 0.330 e. The van der Waals surface area contributed by atoms with E-state index < -0.39 is 12.4 Å². The molecule has 0 heterocycles. The number of ether oxygens (including phenoxy) is 1. The molecule has 0 saturated carbocycles. The summed E-state index contributed by atoms with van der Waals surface area (Å²) >= 11 is 0. The van der Waals surface area contributed by atoms with Crippen LogP contribution in [0.15, 0.2) is 30.3 Å². The summed E-state index contributed by atoms with van der Waals surface area (Å²) in [5, 5.41) is 0. The van der Waals surface area contributed by atoms with Crippen molar-refractivity contribution < 1.29 is 18.3 Å². The Kier molecular flexibility index (Phi) is 3.97. The van der Waals surface area contributed by atoms with Gasteiger partial charge in [-0.1, -0.05) is 24.3 Å². The van der Waals surface area contributed by atoms with Crippen LogP contribution in [0.25, 0.3) is 6.08 Å². The summed E-state index contributed by atoms with van der Waals surface area (Å²) < 4.78 is 29.3. The van der Waals surface area contributed by atoms with Gasteiger partial charge in [0.15, 0.2) is 0 Å². The topological polar surface area (TPSA) is 26.3 Å². The molecule has 15 heavy (non-hydrogen) atoms. The fourth-order valence-electron chi connectivity index (χ4n) is 1.09. The molecule has 80 valence electrons. The van der Waals surface area contributed by atoms with E-state index in [1.165, 1.54) is 31.4 Å². The molecule has 0 aliphatic rings. The van der Waals surface area contributed by atoms with Crippen LogP contribution in [-0.2, 0) is 9.53 Å². The summed E-state index contributed by atoms with van der Waals surface area (Å²) in [6, 6.07) is 5.99. The van der Waals surface area contributed by atoms with Gasteiger partial charge in [-0.05, 0) is 11.6 Å². The molecule has 1 aromatic carbocycles. The van der Waals surface area contributed by atoms with E-state index >= 15 is 0 Å². The molecular weight excluding hydrogens is 202 g/mol. The van der Waals surface area contributed by atoms with Crippen molar-refractivity contribution in [1.82, 2.24) is 0 Å². The number of hydrogen-bond donors (Lipinski definition) is 0. The molecule has 0 fully saturated rings. The van der Waals surface area contributed by atoms with E-state index in [0.717, 1.165) is 6.08 Å². The van der Waals surface area contributed by atoms with Crippen LogP contribution >= 0.6 is 0 Å². The van der Waals surface area contributed by atoms with E-state index in [9.17, 15) is 13.6 Å². The summed E-state index contributed by atoms with van der Waals surface area (Å²) in [5.41, 5.74) is 0.218. The first-order chi connectivity index (χ1) is 7.15. The lowest BCUT2D eigenvalue weighted by atomic mass is 10.1. The zero-order valence-corrected chi connectivity index (χ0v) is 8.11. The SMILES string of the molecule is COC(=O)/C=C/c1ccccc1C(F)F. The molecule has 1 rings (SSSR count). The quantitative estimate of drug-likeness (QED) is 0.568. The molecule has 1 aromatic rings. The Morgan fingerprint density at radius 3 is 2.67 bits per heavy atom. The lowest BCUT2D eigenvalue weighted by Crippen LogP contribution is -1.94. The van der Waals surface area contributed by atoms with Gasteiger partial charge < -0.3 is 4.74 Å². The Morgan fingerprint density at radius 1 is 1.40 bits per heavy atom. The molecule has 0 aliphatic heterocycles. The van der Waals surface area contributed by atoms with Crippen LogP contribution < -0.4 is 0 Å². The number of rotatable bonds is 3. The Hall–Kier alpha value is -1.71. The minimum absolute atomic E-state index is 0.0994. The summed E-state index contributed by atoms with van der Waals surface area (Å²) in [6.45, 7) is 0. The van der Waals surface area contributed by atoms with Gasteiger partial charge in [0.1, 0.15) is 0 Å². The first-order valence-corrected chi connectivity index (χ1v) is 4.28. The van der Waals surface area contributed by atoms with Crippen LogP contribution in [0.5, 0.6) is 0 Å². The van der Waals surface area contributed by atoms with Gasteiger partial charge in [0.25, 0.3) is 6.43 Å². The molecule has 0 N–H and O–H groups in total. The predicted molar refractivity (Wildman–Crippen MR) is 52.4 cm³/mol. The number of esters is 1. The molecule has 0 atom stereocenters. The fraction of sp³-hybridized carbons (Fsp3) is 0.182. The van der Waals surface area contributed by atoms with E-state index in [2.05, 4.69) is 4.74 Å². The number of hydrogen-bond acceptors (Lipinski definition) is 2. The molecule has 0 unspecified atom stereocenters. The maximum absolute atomic E-state index is 12.5. The number of benzene rings is 1. The molecule has 0 aliphatic carbocycles. The Bertz CT molecular complexity index is 373. The van der Waals surface area contributed by atoms with Crippen LogP contribution in [-0.4, -0.2) is 13.1 Å². The molecule has 0 spiro atoms. The predicted octanol–water partition coefficient (Wildman–Crippen LogP) is 2.81. The number of alkyl halides is 2. The zero-order valence-electron chi connectivity index (χ0n) is 8.11. The number of carbonyl (C=O) groups excluding carboxylic acids is 1. The summed E-state index contributed by atoms with van der Waals surface area (Å²) in [6.07, 6.45) is -0.127. The third-order valence-electron chi connectivity index (χ3n) is 1.83. The smallest absolute Gasteiger partial charge is 0.330 e. The minimum Gasteiger partial charge on any atom is -0.466 e. The van der Waals surface area contributed by atoms with Crippen LogP contribution in [0, 0.1) is 0 Å². The highest BCUT2D eigenvalue weighted by Gasteiger charge is 2.09. The second-order valence-electron chi connectivity index (χ2n) is 2.79. The summed E-state index contributed by atoms with van der Waals surface area (Å²) in [4.78, 5) is 10.8. The molecule has 0 saturated heterocycles. The average Bonchev–Trinajstić information content (AvgIpc) is 2.26. The van der Waals surface area contributed by atoms with Crippen molar-refractivity contribution in [3.63, 3.8) is 0 Å². The molecule has 0 aromatic heterocycles. The highest BCUT2D eigenvalue weighted by atomic mass is 19.3. The summed E-state index contributed by atoms with van der Waals surface area (Å²) in [7, 11) is 1.23. The standard InChI is InChI=1S/C11H10F2O2/c1-15-10(14)7-6-8-4-2-3-5-9(8)11(12)13/h2-7,11H,1H3/b7-6+. The molecule has 0 bridgehead atoms. The Balaban J connectivity index is 2.94. The highest BCUT2D eigenvalue weighted by Crippen LogP contribution is 2.23. The lowest BCUT2D eigenvalue weighted by Gasteiger charge is -2.03. The maximum atomic E-state index is 12.5. The lowest BCUT2D eigenvalue weighted by molar-refractivity contribution is -0.134. The van der Waals surface area contributed by atoms with E-state index in [1.807, 2.05) is 0 Å². The van der Waals surface area contributed by atoms with Gasteiger partial charge in [-0.2, -0.15) is 0 Å². The third-order valence-corrected chi connectivity index (χ3v) is 1.83. The van der Waals surface area contributed by atoms with Crippen molar-refractivity contribution in [2.24, 2.45) is 0 Å². The van der Waals surface area contributed by atoms with Crippen molar-refractivity contribution in [3.05, 3.63) is 41.5 Å². The number of methoxy groups -OCH3 is 1. The molecule has 2 nitrogen and oxygen atoms in total. The van der Waals surface area contributed by atoms with E-state index in [4.69, 9.17) is 0 Å². The van der Waals surface area contributed by atoms with Gasteiger partial charge in [-0.15, -0.1) is 0 Å². The van der Waals surface area contributed by atoms with Gasteiger partial charge in [0, 0.05) is 11.6 Å². The van der Waals surface area contributed by atoms with Gasteiger partial charge in [0.05, 0.1) is 7.11 Å². The van der Waals surface area contributed by atoms with Crippen molar-refractivity contribution in [3.8, 4) is 0 Å². The zero-order chi connectivity index (χ0) is 11.3. The van der Waals surface area contributed by atoms with Gasteiger partial charge >= 0.3 is 5.97 Å². The van der Waals surface area contributed by atoms with Crippen molar-refractivity contribution in [2.75, 3.05) is 7.11 Å². The highest BCUT2D eigenvalue weighted by molar-refractivity contribution is 5.87. The average molecular weight is 212 g/mol. The van der Waals surface area contributed by atoms with Gasteiger partial charge in [-0.25, -0.2) is 13.6 Å². The number of carbonyl (C=O) groups is 1. The third kappa shape index (κ3) is 3.16. The molecule has 0 radical (unpaired) electrons. The van der Waals surface area contributed by atoms with Crippen molar-refractivity contribution >= 4 is 12.0 Å². The molecule has 0 amide bonds. The van der Waals surface area contributed by atoms with Gasteiger partial charge in [0.2, 0.25) is 0 Å². The molecule has 4 heteroatoms. The first-order valence-electron chi connectivity index (χ1n) is 4.28. The normalized spacial score (nSPS) is 10.9. The monoisotopic (exact) mass is 212 g/mol. The summed E-state index contributed by atoms with van der Waals surface area (Å²) in [5.74, 6) is -0.570. The van der Waals surface area contributed by atoms with Crippen LogP contribution in [0.2, 0.25) is 0 Å². The first kappa shape index (κ1) is 11.4. The van der Waals surface area contributed by atoms with E-state index in [-0.39, 0.29) is 5.56 Å². The van der Waals surface area contributed by atoms with Crippen LogP contribution in [0.3, 0.4) is 0 Å². The minimum atomic E-state index is -2.55. The van der Waals surface area contributed by atoms with E-state index in [0.29, 0.717) is 5.56 Å². The second-order valence-corrected chi connectivity index (χ2v) is 2.79. The van der Waals surface area contributed by atoms with Crippen LogP contribution in [0.4, 0.5) is 8.78 Å². The largest absolute Gasteiger partial charge is 0.466 e. The van der Waals surface area contributed by atoms with Crippen LogP contribution in [0.1, 0.15) is 17.6 Å². The van der Waals surface area contributed by atoms with E-state index in [1.54, 1.807) is 6.07 Å². The van der Waals surface area contributed by atoms with Crippen molar-refractivity contribution in [1.29, 1.82) is 0 Å². The van der Waals surface area contributed by atoms with Gasteiger partial charge in [-0.3, -0.25) is 0 Å². The second kappa shape index (κ2) is 5.24. The Morgan fingerprint density at radius 2 is 2.07 bits per heavy atom. The molecular formula is C11H10F2O2. The fourth-order valence-corrected chi connectivity index (χ4v) is 1.09. The number of halogens is 2.